The predicted molar refractivity (Wildman–Crippen MR) is 78.2 cm³/mol. The number of nitrogens with zero attached hydrogens (tertiary/aromatic N) is 1. The van der Waals surface area contributed by atoms with Crippen molar-refractivity contribution in [2.45, 2.75) is 26.3 Å². The highest BCUT2D eigenvalue weighted by Crippen LogP contribution is 2.28. The number of ketones is 1. The lowest BCUT2D eigenvalue weighted by molar-refractivity contribution is -0.126. The van der Waals surface area contributed by atoms with Gasteiger partial charge in [-0.25, -0.2) is 0 Å². The molecule has 1 fully saturated rings. The van der Waals surface area contributed by atoms with E-state index in [0.717, 1.165) is 37.6 Å². The van der Waals surface area contributed by atoms with Crippen LogP contribution in [0.5, 0.6) is 11.5 Å². The zero-order valence-electron chi connectivity index (χ0n) is 12.5. The summed E-state index contributed by atoms with van der Waals surface area (Å²) < 4.78 is 10.6. The molecule has 0 aromatic heterocycles. The molecule has 1 saturated heterocycles. The van der Waals surface area contributed by atoms with E-state index in [1.807, 2.05) is 12.1 Å². The second-order valence-corrected chi connectivity index (χ2v) is 5.25. The molecule has 1 unspecified atom stereocenters. The molecule has 4 heteroatoms. The average Bonchev–Trinajstić information content (AvgIpc) is 2.49. The summed E-state index contributed by atoms with van der Waals surface area (Å²) in [6, 6.07) is 6.00. The molecule has 1 heterocycles. The molecule has 1 aromatic rings. The number of Topliss-reactive ketones (excluding diaryl/α,β-unsaturated/α-hetero) is 1. The number of benzene rings is 1. The molecular weight excluding hydrogens is 254 g/mol. The summed E-state index contributed by atoms with van der Waals surface area (Å²) in [6.07, 6.45) is 1.60. The van der Waals surface area contributed by atoms with Crippen molar-refractivity contribution >= 4 is 5.78 Å². The van der Waals surface area contributed by atoms with E-state index in [-0.39, 0.29) is 5.92 Å². The summed E-state index contributed by atoms with van der Waals surface area (Å²) in [5, 5.41) is 0. The number of carbonyl (C=O) groups excluding carboxylic acids is 1. The van der Waals surface area contributed by atoms with Crippen molar-refractivity contribution in [3.63, 3.8) is 0 Å². The van der Waals surface area contributed by atoms with Crippen molar-refractivity contribution in [3.05, 3.63) is 23.8 Å². The van der Waals surface area contributed by atoms with Gasteiger partial charge in [-0.05, 0) is 24.1 Å². The van der Waals surface area contributed by atoms with E-state index < -0.39 is 0 Å². The number of hydrogen-bond donors (Lipinski definition) is 0. The Labute approximate surface area is 120 Å². The number of rotatable bonds is 5. The van der Waals surface area contributed by atoms with Crippen LogP contribution in [0.2, 0.25) is 0 Å². The van der Waals surface area contributed by atoms with E-state index in [1.54, 1.807) is 14.2 Å². The summed E-state index contributed by atoms with van der Waals surface area (Å²) >= 11 is 0. The largest absolute Gasteiger partial charge is 0.493 e. The third-order valence-electron chi connectivity index (χ3n) is 3.96. The van der Waals surface area contributed by atoms with Gasteiger partial charge in [-0.2, -0.15) is 0 Å². The second kappa shape index (κ2) is 6.75. The number of carbonyl (C=O) groups is 1. The lowest BCUT2D eigenvalue weighted by atomic mass is 9.94. The van der Waals surface area contributed by atoms with E-state index in [0.29, 0.717) is 12.2 Å². The Morgan fingerprint density at radius 2 is 2.00 bits per heavy atom. The fraction of sp³-hybridized carbons (Fsp3) is 0.562. The zero-order valence-corrected chi connectivity index (χ0v) is 12.5. The van der Waals surface area contributed by atoms with Gasteiger partial charge in [0.2, 0.25) is 0 Å². The molecular formula is C16H23NO3. The summed E-state index contributed by atoms with van der Waals surface area (Å²) in [5.41, 5.74) is 1.19. The van der Waals surface area contributed by atoms with Gasteiger partial charge in [0.25, 0.3) is 0 Å². The van der Waals surface area contributed by atoms with E-state index in [1.165, 1.54) is 5.56 Å². The highest BCUT2D eigenvalue weighted by Gasteiger charge is 2.25. The van der Waals surface area contributed by atoms with Crippen LogP contribution in [0.4, 0.5) is 0 Å². The molecule has 0 radical (unpaired) electrons. The number of hydrogen-bond acceptors (Lipinski definition) is 4. The first-order valence-corrected chi connectivity index (χ1v) is 7.13. The van der Waals surface area contributed by atoms with E-state index >= 15 is 0 Å². The standard InChI is InChI=1S/C16H23NO3/c1-4-13-11-17(8-7-14(13)18)10-12-5-6-15(19-2)16(9-12)20-3/h5-6,9,13H,4,7-8,10-11H2,1-3H3. The highest BCUT2D eigenvalue weighted by molar-refractivity contribution is 5.82. The van der Waals surface area contributed by atoms with E-state index in [4.69, 9.17) is 9.47 Å². The van der Waals surface area contributed by atoms with Gasteiger partial charge in [0.1, 0.15) is 5.78 Å². The molecule has 1 aromatic carbocycles. The van der Waals surface area contributed by atoms with Crippen molar-refractivity contribution in [2.24, 2.45) is 5.92 Å². The van der Waals surface area contributed by atoms with Crippen LogP contribution in [-0.4, -0.2) is 38.0 Å². The molecule has 20 heavy (non-hydrogen) atoms. The third-order valence-corrected chi connectivity index (χ3v) is 3.96. The monoisotopic (exact) mass is 277 g/mol. The lowest BCUT2D eigenvalue weighted by Gasteiger charge is -2.31. The molecule has 110 valence electrons. The molecule has 0 bridgehead atoms. The fourth-order valence-corrected chi connectivity index (χ4v) is 2.71. The molecule has 1 aliphatic heterocycles. The van der Waals surface area contributed by atoms with Crippen molar-refractivity contribution < 1.29 is 14.3 Å². The van der Waals surface area contributed by atoms with Crippen LogP contribution in [-0.2, 0) is 11.3 Å². The van der Waals surface area contributed by atoms with Gasteiger partial charge in [0, 0.05) is 32.0 Å². The number of likely N-dealkylation sites (tertiary alicyclic amines) is 1. The molecule has 0 aliphatic carbocycles. The Balaban J connectivity index is 2.04. The number of methoxy groups -OCH3 is 2. The molecule has 0 spiro atoms. The Bertz CT molecular complexity index is 473. The zero-order chi connectivity index (χ0) is 14.5. The number of piperidine rings is 1. The minimum Gasteiger partial charge on any atom is -0.493 e. The molecule has 0 N–H and O–H groups in total. The highest BCUT2D eigenvalue weighted by atomic mass is 16.5. The van der Waals surface area contributed by atoms with Crippen molar-refractivity contribution in [3.8, 4) is 11.5 Å². The molecule has 4 nitrogen and oxygen atoms in total. The first kappa shape index (κ1) is 14.9. The average molecular weight is 277 g/mol. The Hall–Kier alpha value is -1.55. The van der Waals surface area contributed by atoms with Gasteiger partial charge in [-0.15, -0.1) is 0 Å². The summed E-state index contributed by atoms with van der Waals surface area (Å²) in [6.45, 7) is 4.65. The van der Waals surface area contributed by atoms with Crippen molar-refractivity contribution in [2.75, 3.05) is 27.3 Å². The van der Waals surface area contributed by atoms with Crippen molar-refractivity contribution in [1.82, 2.24) is 4.90 Å². The molecule has 1 aliphatic rings. The molecule has 2 rings (SSSR count). The molecule has 0 amide bonds. The lowest BCUT2D eigenvalue weighted by Crippen LogP contribution is -2.40. The van der Waals surface area contributed by atoms with Crippen molar-refractivity contribution in [1.29, 1.82) is 0 Å². The van der Waals surface area contributed by atoms with Crippen LogP contribution in [0.3, 0.4) is 0 Å². The van der Waals surface area contributed by atoms with Gasteiger partial charge >= 0.3 is 0 Å². The van der Waals surface area contributed by atoms with Crippen LogP contribution >= 0.6 is 0 Å². The topological polar surface area (TPSA) is 38.8 Å². The second-order valence-electron chi connectivity index (χ2n) is 5.25. The van der Waals surface area contributed by atoms with Crippen LogP contribution < -0.4 is 9.47 Å². The van der Waals surface area contributed by atoms with E-state index in [2.05, 4.69) is 17.9 Å². The summed E-state index contributed by atoms with van der Waals surface area (Å²) in [5.74, 6) is 2.11. The Kier molecular flexibility index (Phi) is 5.01. The Morgan fingerprint density at radius 3 is 2.65 bits per heavy atom. The maximum atomic E-state index is 11.7. The van der Waals surface area contributed by atoms with Gasteiger partial charge in [-0.3, -0.25) is 9.69 Å². The summed E-state index contributed by atoms with van der Waals surface area (Å²) in [7, 11) is 3.29. The maximum absolute atomic E-state index is 11.7. The Morgan fingerprint density at radius 1 is 1.25 bits per heavy atom. The van der Waals surface area contributed by atoms with Crippen LogP contribution in [0.15, 0.2) is 18.2 Å². The molecule has 1 atom stereocenters. The smallest absolute Gasteiger partial charge is 0.161 e. The number of ether oxygens (including phenoxy) is 2. The molecule has 0 saturated carbocycles. The summed E-state index contributed by atoms with van der Waals surface area (Å²) in [4.78, 5) is 14.1. The van der Waals surface area contributed by atoms with Crippen LogP contribution in [0, 0.1) is 5.92 Å². The van der Waals surface area contributed by atoms with Crippen LogP contribution in [0.25, 0.3) is 0 Å². The van der Waals surface area contributed by atoms with Gasteiger partial charge in [0.15, 0.2) is 11.5 Å². The first-order valence-electron chi connectivity index (χ1n) is 7.13. The minimum atomic E-state index is 0.198. The first-order chi connectivity index (χ1) is 9.67. The minimum absolute atomic E-state index is 0.198. The SMILES string of the molecule is CCC1CN(Cc2ccc(OC)c(OC)c2)CCC1=O. The van der Waals surface area contributed by atoms with E-state index in [9.17, 15) is 4.79 Å². The van der Waals surface area contributed by atoms with Gasteiger partial charge in [-0.1, -0.05) is 13.0 Å². The third kappa shape index (κ3) is 3.31. The fourth-order valence-electron chi connectivity index (χ4n) is 2.71. The van der Waals surface area contributed by atoms with Gasteiger partial charge < -0.3 is 9.47 Å². The van der Waals surface area contributed by atoms with Gasteiger partial charge in [0.05, 0.1) is 14.2 Å². The quantitative estimate of drug-likeness (QED) is 0.829. The predicted octanol–water partition coefficient (Wildman–Crippen LogP) is 2.50. The normalized spacial score (nSPS) is 19.9. The maximum Gasteiger partial charge on any atom is 0.161 e. The van der Waals surface area contributed by atoms with Crippen LogP contribution in [0.1, 0.15) is 25.3 Å².